The third-order valence-electron chi connectivity index (χ3n) is 3.02. The summed E-state index contributed by atoms with van der Waals surface area (Å²) in [5, 5.41) is 3.31. The fourth-order valence-corrected chi connectivity index (χ4v) is 2.07. The lowest BCUT2D eigenvalue weighted by Crippen LogP contribution is -2.26. The van der Waals surface area contributed by atoms with Gasteiger partial charge in [0.15, 0.2) is 0 Å². The molecule has 0 aromatic carbocycles. The fraction of sp³-hybridized carbons (Fsp3) is 0.733. The zero-order chi connectivity index (χ0) is 13.9. The summed E-state index contributed by atoms with van der Waals surface area (Å²) in [7, 11) is 0. The average molecular weight is 264 g/mol. The summed E-state index contributed by atoms with van der Waals surface area (Å²) in [4.78, 5) is 11.2. The lowest BCUT2D eigenvalue weighted by molar-refractivity contribution is 0.728. The standard InChI is InChI=1S/C15H28N4/c1-4-7-8-10-16-15-17-11-9-14(18-15)19(12-5-2)13-6-3/h9,11H,4-8,10,12-13H2,1-3H3,(H,16,17,18). The Morgan fingerprint density at radius 1 is 1.05 bits per heavy atom. The molecule has 0 bridgehead atoms. The van der Waals surface area contributed by atoms with E-state index in [1.807, 2.05) is 12.3 Å². The van der Waals surface area contributed by atoms with Gasteiger partial charge in [-0.3, -0.25) is 0 Å². The van der Waals surface area contributed by atoms with Gasteiger partial charge in [0.05, 0.1) is 0 Å². The molecule has 4 heteroatoms. The summed E-state index contributed by atoms with van der Waals surface area (Å²) >= 11 is 0. The molecule has 0 unspecified atom stereocenters. The van der Waals surface area contributed by atoms with Gasteiger partial charge in [0.2, 0.25) is 5.95 Å². The zero-order valence-electron chi connectivity index (χ0n) is 12.7. The molecule has 19 heavy (non-hydrogen) atoms. The highest BCUT2D eigenvalue weighted by Crippen LogP contribution is 2.13. The van der Waals surface area contributed by atoms with Crippen LogP contribution in [0.25, 0.3) is 0 Å². The smallest absolute Gasteiger partial charge is 0.224 e. The molecule has 0 radical (unpaired) electrons. The number of hydrogen-bond acceptors (Lipinski definition) is 4. The molecule has 0 fully saturated rings. The molecule has 0 aliphatic rings. The molecule has 0 saturated carbocycles. The molecule has 1 N–H and O–H groups in total. The highest BCUT2D eigenvalue weighted by atomic mass is 15.2. The molecule has 0 saturated heterocycles. The van der Waals surface area contributed by atoms with E-state index < -0.39 is 0 Å². The van der Waals surface area contributed by atoms with E-state index in [0.29, 0.717) is 0 Å². The highest BCUT2D eigenvalue weighted by Gasteiger charge is 2.07. The van der Waals surface area contributed by atoms with Crippen molar-refractivity contribution >= 4 is 11.8 Å². The Bertz CT molecular complexity index is 335. The normalized spacial score (nSPS) is 10.5. The predicted molar refractivity (Wildman–Crippen MR) is 82.8 cm³/mol. The van der Waals surface area contributed by atoms with Gasteiger partial charge in [0.1, 0.15) is 5.82 Å². The van der Waals surface area contributed by atoms with Crippen molar-refractivity contribution in [2.75, 3.05) is 29.9 Å². The summed E-state index contributed by atoms with van der Waals surface area (Å²) < 4.78 is 0. The largest absolute Gasteiger partial charge is 0.356 e. The van der Waals surface area contributed by atoms with E-state index in [1.54, 1.807) is 0 Å². The van der Waals surface area contributed by atoms with Crippen molar-refractivity contribution < 1.29 is 0 Å². The molecule has 4 nitrogen and oxygen atoms in total. The Morgan fingerprint density at radius 3 is 2.42 bits per heavy atom. The van der Waals surface area contributed by atoms with Crippen LogP contribution in [0.1, 0.15) is 52.9 Å². The van der Waals surface area contributed by atoms with Crippen molar-refractivity contribution in [1.29, 1.82) is 0 Å². The van der Waals surface area contributed by atoms with Crippen LogP contribution in [0.15, 0.2) is 12.3 Å². The Morgan fingerprint density at radius 2 is 1.79 bits per heavy atom. The van der Waals surface area contributed by atoms with Gasteiger partial charge >= 0.3 is 0 Å². The SMILES string of the molecule is CCCCCNc1nccc(N(CCC)CCC)n1. The molecule has 1 aromatic rings. The van der Waals surface area contributed by atoms with E-state index in [4.69, 9.17) is 0 Å². The second kappa shape index (κ2) is 9.59. The van der Waals surface area contributed by atoms with Crippen molar-refractivity contribution in [3.05, 3.63) is 12.3 Å². The van der Waals surface area contributed by atoms with Crippen LogP contribution in [-0.2, 0) is 0 Å². The van der Waals surface area contributed by atoms with Crippen LogP contribution in [0.5, 0.6) is 0 Å². The first kappa shape index (κ1) is 15.7. The van der Waals surface area contributed by atoms with Crippen LogP contribution >= 0.6 is 0 Å². The molecule has 0 aliphatic carbocycles. The molecular weight excluding hydrogens is 236 g/mol. The Labute approximate surface area is 117 Å². The summed E-state index contributed by atoms with van der Waals surface area (Å²) in [6, 6.07) is 2.00. The summed E-state index contributed by atoms with van der Waals surface area (Å²) in [5.74, 6) is 1.79. The number of nitrogens with zero attached hydrogens (tertiary/aromatic N) is 3. The Balaban J connectivity index is 2.58. The van der Waals surface area contributed by atoms with E-state index in [0.717, 1.165) is 44.2 Å². The molecule has 0 atom stereocenters. The fourth-order valence-electron chi connectivity index (χ4n) is 2.07. The molecule has 1 rings (SSSR count). The monoisotopic (exact) mass is 264 g/mol. The lowest BCUT2D eigenvalue weighted by atomic mass is 10.2. The van der Waals surface area contributed by atoms with Gasteiger partial charge < -0.3 is 10.2 Å². The van der Waals surface area contributed by atoms with Crippen molar-refractivity contribution in [3.63, 3.8) is 0 Å². The number of unbranched alkanes of at least 4 members (excludes halogenated alkanes) is 2. The van der Waals surface area contributed by atoms with E-state index in [9.17, 15) is 0 Å². The average Bonchev–Trinajstić information content (AvgIpc) is 2.44. The summed E-state index contributed by atoms with van der Waals surface area (Å²) in [6.45, 7) is 9.69. The second-order valence-electron chi connectivity index (χ2n) is 4.86. The van der Waals surface area contributed by atoms with Crippen LogP contribution in [0.4, 0.5) is 11.8 Å². The molecule has 0 aliphatic heterocycles. The lowest BCUT2D eigenvalue weighted by Gasteiger charge is -2.22. The quantitative estimate of drug-likeness (QED) is 0.654. The van der Waals surface area contributed by atoms with Gasteiger partial charge in [-0.2, -0.15) is 4.98 Å². The minimum absolute atomic E-state index is 0.755. The van der Waals surface area contributed by atoms with Gasteiger partial charge in [-0.05, 0) is 25.3 Å². The Kier molecular flexibility index (Phi) is 7.94. The maximum atomic E-state index is 4.61. The van der Waals surface area contributed by atoms with Crippen molar-refractivity contribution in [2.45, 2.75) is 52.9 Å². The predicted octanol–water partition coefficient (Wildman–Crippen LogP) is 3.71. The first-order valence-corrected chi connectivity index (χ1v) is 7.63. The molecule has 0 amide bonds. The second-order valence-corrected chi connectivity index (χ2v) is 4.86. The van der Waals surface area contributed by atoms with Crippen LogP contribution in [0.2, 0.25) is 0 Å². The first-order valence-electron chi connectivity index (χ1n) is 7.63. The number of nitrogens with one attached hydrogen (secondary N) is 1. The van der Waals surface area contributed by atoms with E-state index in [1.165, 1.54) is 19.3 Å². The van der Waals surface area contributed by atoms with Gasteiger partial charge in [-0.25, -0.2) is 4.98 Å². The van der Waals surface area contributed by atoms with E-state index in [2.05, 4.69) is 41.0 Å². The molecule has 1 heterocycles. The van der Waals surface area contributed by atoms with E-state index >= 15 is 0 Å². The minimum atomic E-state index is 0.755. The van der Waals surface area contributed by atoms with Gasteiger partial charge in [0, 0.05) is 25.8 Å². The van der Waals surface area contributed by atoms with Crippen LogP contribution in [-0.4, -0.2) is 29.6 Å². The first-order chi connectivity index (χ1) is 9.31. The maximum absolute atomic E-state index is 4.61. The third kappa shape index (κ3) is 5.90. The number of hydrogen-bond donors (Lipinski definition) is 1. The summed E-state index contributed by atoms with van der Waals surface area (Å²) in [5.41, 5.74) is 0. The van der Waals surface area contributed by atoms with Crippen molar-refractivity contribution in [3.8, 4) is 0 Å². The van der Waals surface area contributed by atoms with Gasteiger partial charge in [-0.15, -0.1) is 0 Å². The van der Waals surface area contributed by atoms with Gasteiger partial charge in [-0.1, -0.05) is 33.6 Å². The molecular formula is C15H28N4. The minimum Gasteiger partial charge on any atom is -0.356 e. The molecule has 0 spiro atoms. The number of anilines is 2. The topological polar surface area (TPSA) is 41.1 Å². The van der Waals surface area contributed by atoms with Gasteiger partial charge in [0.25, 0.3) is 0 Å². The Hall–Kier alpha value is -1.32. The van der Waals surface area contributed by atoms with Crippen molar-refractivity contribution in [2.24, 2.45) is 0 Å². The van der Waals surface area contributed by atoms with Crippen molar-refractivity contribution in [1.82, 2.24) is 9.97 Å². The number of aromatic nitrogens is 2. The van der Waals surface area contributed by atoms with Crippen LogP contribution < -0.4 is 10.2 Å². The van der Waals surface area contributed by atoms with Crippen LogP contribution in [0, 0.1) is 0 Å². The number of rotatable bonds is 10. The summed E-state index contributed by atoms with van der Waals surface area (Å²) in [6.07, 6.45) is 7.81. The van der Waals surface area contributed by atoms with E-state index in [-0.39, 0.29) is 0 Å². The third-order valence-corrected chi connectivity index (χ3v) is 3.02. The maximum Gasteiger partial charge on any atom is 0.224 e. The van der Waals surface area contributed by atoms with Crippen LogP contribution in [0.3, 0.4) is 0 Å². The molecule has 108 valence electrons. The highest BCUT2D eigenvalue weighted by molar-refractivity contribution is 5.42. The molecule has 1 aromatic heterocycles. The zero-order valence-corrected chi connectivity index (χ0v) is 12.7.